The standard InChI is InChI=1S/C26H28N4O2/c1-19-7-9-20(10-8-19)15-27-23(31)22-17-30-14-12-26(25(30)28-24(22)32)11-13-29(18-26)16-21-5-3-2-4-6-21/h2-10,17H,11-16,18H2,1H3,(H,27,31)/t26-/m0/s1. The third-order valence-corrected chi connectivity index (χ3v) is 6.80. The molecule has 1 saturated heterocycles. The van der Waals surface area contributed by atoms with Crippen LogP contribution in [0.2, 0.25) is 0 Å². The van der Waals surface area contributed by atoms with E-state index in [2.05, 4.69) is 39.5 Å². The quantitative estimate of drug-likeness (QED) is 0.678. The van der Waals surface area contributed by atoms with Gasteiger partial charge in [0, 0.05) is 37.8 Å². The van der Waals surface area contributed by atoms with Gasteiger partial charge in [0.15, 0.2) is 0 Å². The molecular weight excluding hydrogens is 400 g/mol. The number of amides is 1. The number of nitrogens with one attached hydrogen (secondary N) is 1. The van der Waals surface area contributed by atoms with Crippen molar-refractivity contribution in [1.82, 2.24) is 19.8 Å². The van der Waals surface area contributed by atoms with E-state index in [1.165, 1.54) is 11.1 Å². The molecule has 1 aromatic heterocycles. The molecule has 1 fully saturated rings. The van der Waals surface area contributed by atoms with Crippen LogP contribution < -0.4 is 10.9 Å². The first-order valence-electron chi connectivity index (χ1n) is 11.2. The summed E-state index contributed by atoms with van der Waals surface area (Å²) < 4.78 is 2.02. The van der Waals surface area contributed by atoms with Crippen molar-refractivity contribution in [2.75, 3.05) is 13.1 Å². The first kappa shape index (κ1) is 20.6. The van der Waals surface area contributed by atoms with Crippen LogP contribution in [0.25, 0.3) is 0 Å². The summed E-state index contributed by atoms with van der Waals surface area (Å²) in [5, 5.41) is 2.86. The van der Waals surface area contributed by atoms with E-state index in [9.17, 15) is 9.59 Å². The maximum Gasteiger partial charge on any atom is 0.285 e. The minimum atomic E-state index is -0.430. The number of carbonyl (C=O) groups excluding carboxylic acids is 1. The smallest absolute Gasteiger partial charge is 0.285 e. The molecule has 0 bridgehead atoms. The average Bonchev–Trinajstić information content (AvgIpc) is 3.37. The number of benzene rings is 2. The number of aromatic nitrogens is 2. The fraction of sp³-hybridized carbons (Fsp3) is 0.346. The monoisotopic (exact) mass is 428 g/mol. The van der Waals surface area contributed by atoms with E-state index < -0.39 is 5.56 Å². The first-order chi connectivity index (χ1) is 15.5. The zero-order valence-electron chi connectivity index (χ0n) is 18.4. The highest BCUT2D eigenvalue weighted by Crippen LogP contribution is 2.41. The third-order valence-electron chi connectivity index (χ3n) is 6.80. The molecule has 3 heterocycles. The van der Waals surface area contributed by atoms with Gasteiger partial charge in [0.25, 0.3) is 11.5 Å². The fourth-order valence-electron chi connectivity index (χ4n) is 4.99. The van der Waals surface area contributed by atoms with Gasteiger partial charge >= 0.3 is 0 Å². The van der Waals surface area contributed by atoms with E-state index in [0.29, 0.717) is 6.54 Å². The zero-order chi connectivity index (χ0) is 22.1. The number of rotatable bonds is 5. The molecule has 32 heavy (non-hydrogen) atoms. The Bertz CT molecular complexity index is 1190. The second-order valence-electron chi connectivity index (χ2n) is 9.12. The average molecular weight is 429 g/mol. The van der Waals surface area contributed by atoms with Crippen LogP contribution in [0.1, 0.15) is 45.7 Å². The number of nitrogens with zero attached hydrogens (tertiary/aromatic N) is 3. The van der Waals surface area contributed by atoms with Crippen molar-refractivity contribution >= 4 is 5.91 Å². The summed E-state index contributed by atoms with van der Waals surface area (Å²) in [6.07, 6.45) is 3.66. The summed E-state index contributed by atoms with van der Waals surface area (Å²) in [5.41, 5.74) is 3.07. The van der Waals surface area contributed by atoms with Crippen molar-refractivity contribution in [1.29, 1.82) is 0 Å². The van der Waals surface area contributed by atoms with Crippen molar-refractivity contribution < 1.29 is 4.79 Å². The SMILES string of the molecule is Cc1ccc(CNC(=O)c2cn3c(nc2=O)[C@@]2(CCN(Cc4ccccc4)C2)CC3)cc1. The minimum Gasteiger partial charge on any atom is -0.348 e. The topological polar surface area (TPSA) is 67.2 Å². The molecule has 0 radical (unpaired) electrons. The van der Waals surface area contributed by atoms with Crippen molar-refractivity contribution in [3.63, 3.8) is 0 Å². The Labute approximate surface area is 187 Å². The van der Waals surface area contributed by atoms with Crippen molar-refractivity contribution in [3.8, 4) is 0 Å². The molecule has 3 aromatic rings. The Morgan fingerprint density at radius 3 is 2.56 bits per heavy atom. The highest BCUT2D eigenvalue weighted by Gasteiger charge is 2.46. The Hall–Kier alpha value is -3.25. The van der Waals surface area contributed by atoms with E-state index in [-0.39, 0.29) is 16.9 Å². The van der Waals surface area contributed by atoms with Gasteiger partial charge in [0.05, 0.1) is 0 Å². The van der Waals surface area contributed by atoms with Gasteiger partial charge in [-0.2, -0.15) is 4.98 Å². The summed E-state index contributed by atoms with van der Waals surface area (Å²) >= 11 is 0. The molecule has 1 spiro atoms. The third kappa shape index (κ3) is 3.98. The zero-order valence-corrected chi connectivity index (χ0v) is 18.4. The number of aryl methyl sites for hydroxylation is 2. The van der Waals surface area contributed by atoms with E-state index in [1.54, 1.807) is 6.20 Å². The van der Waals surface area contributed by atoms with E-state index in [0.717, 1.165) is 50.4 Å². The summed E-state index contributed by atoms with van der Waals surface area (Å²) in [5.74, 6) is 0.476. The number of hydrogen-bond donors (Lipinski definition) is 1. The number of likely N-dealkylation sites (tertiary alicyclic amines) is 1. The van der Waals surface area contributed by atoms with Crippen LogP contribution in [-0.2, 0) is 25.0 Å². The van der Waals surface area contributed by atoms with Crippen LogP contribution in [0.3, 0.4) is 0 Å². The molecule has 1 N–H and O–H groups in total. The molecule has 1 atom stereocenters. The van der Waals surface area contributed by atoms with Crippen molar-refractivity contribution in [2.24, 2.45) is 0 Å². The summed E-state index contributed by atoms with van der Waals surface area (Å²) in [7, 11) is 0. The Kier molecular flexibility index (Phi) is 5.39. The molecule has 0 saturated carbocycles. The molecule has 0 aliphatic carbocycles. The molecule has 2 aliphatic heterocycles. The van der Waals surface area contributed by atoms with Crippen molar-refractivity contribution in [2.45, 2.75) is 44.8 Å². The molecule has 1 amide bonds. The van der Waals surface area contributed by atoms with Crippen LogP contribution in [0.5, 0.6) is 0 Å². The van der Waals surface area contributed by atoms with Gasteiger partial charge in [0.1, 0.15) is 11.4 Å². The lowest BCUT2D eigenvalue weighted by atomic mass is 9.85. The minimum absolute atomic E-state index is 0.0924. The van der Waals surface area contributed by atoms with Crippen molar-refractivity contribution in [3.05, 3.63) is 99.2 Å². The Morgan fingerprint density at radius 2 is 1.78 bits per heavy atom. The van der Waals surface area contributed by atoms with Gasteiger partial charge in [-0.3, -0.25) is 14.5 Å². The first-order valence-corrected chi connectivity index (χ1v) is 11.2. The van der Waals surface area contributed by atoms with Crippen LogP contribution >= 0.6 is 0 Å². The normalized spacial score (nSPS) is 19.9. The summed E-state index contributed by atoms with van der Waals surface area (Å²) in [6, 6.07) is 18.5. The molecule has 6 heteroatoms. The maximum atomic E-state index is 12.8. The lowest BCUT2D eigenvalue weighted by molar-refractivity contribution is 0.0948. The lowest BCUT2D eigenvalue weighted by Gasteiger charge is -2.23. The molecule has 5 rings (SSSR count). The Morgan fingerprint density at radius 1 is 1.03 bits per heavy atom. The maximum absolute atomic E-state index is 12.8. The largest absolute Gasteiger partial charge is 0.348 e. The highest BCUT2D eigenvalue weighted by molar-refractivity contribution is 5.93. The van der Waals surface area contributed by atoms with Gasteiger partial charge in [-0.05, 0) is 37.4 Å². The molecule has 2 aromatic carbocycles. The van der Waals surface area contributed by atoms with Gasteiger partial charge in [-0.1, -0.05) is 60.2 Å². The molecule has 6 nitrogen and oxygen atoms in total. The molecule has 164 valence electrons. The van der Waals surface area contributed by atoms with Gasteiger partial charge < -0.3 is 9.88 Å². The van der Waals surface area contributed by atoms with Gasteiger partial charge in [-0.15, -0.1) is 0 Å². The fourth-order valence-corrected chi connectivity index (χ4v) is 4.99. The predicted octanol–water partition coefficient (Wildman–Crippen LogP) is 3.03. The second kappa shape index (κ2) is 8.36. The number of fused-ring (bicyclic) bond motifs is 2. The molecular formula is C26H28N4O2. The Balaban J connectivity index is 1.30. The van der Waals surface area contributed by atoms with E-state index in [4.69, 9.17) is 0 Å². The number of hydrogen-bond acceptors (Lipinski definition) is 4. The van der Waals surface area contributed by atoms with Crippen LogP contribution in [-0.4, -0.2) is 33.4 Å². The molecule has 2 aliphatic rings. The second-order valence-corrected chi connectivity index (χ2v) is 9.12. The van der Waals surface area contributed by atoms with E-state index in [1.807, 2.05) is 41.8 Å². The van der Waals surface area contributed by atoms with E-state index >= 15 is 0 Å². The molecule has 0 unspecified atom stereocenters. The number of carbonyl (C=O) groups is 1. The summed E-state index contributed by atoms with van der Waals surface area (Å²) in [4.78, 5) is 32.4. The van der Waals surface area contributed by atoms with Crippen LogP contribution in [0.4, 0.5) is 0 Å². The van der Waals surface area contributed by atoms with Crippen LogP contribution in [0, 0.1) is 6.92 Å². The lowest BCUT2D eigenvalue weighted by Crippen LogP contribution is -2.35. The van der Waals surface area contributed by atoms with Crippen LogP contribution in [0.15, 0.2) is 65.6 Å². The predicted molar refractivity (Wildman–Crippen MR) is 123 cm³/mol. The summed E-state index contributed by atoms with van der Waals surface area (Å²) in [6.45, 7) is 6.00. The van der Waals surface area contributed by atoms with Gasteiger partial charge in [0.2, 0.25) is 0 Å². The van der Waals surface area contributed by atoms with Gasteiger partial charge in [-0.25, -0.2) is 0 Å². The highest BCUT2D eigenvalue weighted by atomic mass is 16.2.